The van der Waals surface area contributed by atoms with E-state index in [9.17, 15) is 24.0 Å². The molecule has 28 heavy (non-hydrogen) atoms. The molecule has 0 aromatic heterocycles. The quantitative estimate of drug-likeness (QED) is 0.175. The zero-order chi connectivity index (χ0) is 22.0. The molecule has 9 N–H and O–H groups in total. The van der Waals surface area contributed by atoms with Gasteiger partial charge in [-0.1, -0.05) is 13.8 Å². The van der Waals surface area contributed by atoms with Crippen molar-refractivity contribution in [3.05, 3.63) is 0 Å². The second-order valence-electron chi connectivity index (χ2n) is 6.65. The van der Waals surface area contributed by atoms with Gasteiger partial charge in [0.25, 0.3) is 0 Å². The fourth-order valence-corrected chi connectivity index (χ4v) is 2.07. The number of nitrogens with one attached hydrogen (secondary N) is 3. The number of carboxylic acids is 1. The zero-order valence-corrected chi connectivity index (χ0v) is 16.1. The lowest BCUT2D eigenvalue weighted by atomic mass is 10.0. The lowest BCUT2D eigenvalue weighted by Gasteiger charge is -2.26. The van der Waals surface area contributed by atoms with Gasteiger partial charge in [0.1, 0.15) is 24.2 Å². The molecule has 0 aliphatic heterocycles. The number of carbonyl (C=O) groups excluding carboxylic acids is 4. The van der Waals surface area contributed by atoms with E-state index in [1.54, 1.807) is 13.8 Å². The standard InChI is InChI=1S/C16H29N5O7/c1-7(2)12(21-13(24)9(17)6-22)15(26)20-10(4-5-11(18)23)14(25)19-8(3)16(27)28/h7-10,12,22H,4-6,17H2,1-3H3,(H2,18,23)(H,19,25)(H,20,26)(H,21,24)(H,27,28). The van der Waals surface area contributed by atoms with Gasteiger partial charge in [0, 0.05) is 6.42 Å². The topological polar surface area (TPSA) is 214 Å². The van der Waals surface area contributed by atoms with Gasteiger partial charge in [-0.25, -0.2) is 0 Å². The van der Waals surface area contributed by atoms with Gasteiger partial charge in [0.15, 0.2) is 0 Å². The second-order valence-corrected chi connectivity index (χ2v) is 6.65. The number of nitrogens with two attached hydrogens (primary N) is 2. The van der Waals surface area contributed by atoms with Gasteiger partial charge < -0.3 is 37.6 Å². The van der Waals surface area contributed by atoms with Crippen LogP contribution in [0.5, 0.6) is 0 Å². The highest BCUT2D eigenvalue weighted by Crippen LogP contribution is 2.05. The zero-order valence-electron chi connectivity index (χ0n) is 16.1. The molecular weight excluding hydrogens is 374 g/mol. The third-order valence-electron chi connectivity index (χ3n) is 3.82. The van der Waals surface area contributed by atoms with Gasteiger partial charge in [0.2, 0.25) is 23.6 Å². The van der Waals surface area contributed by atoms with Crippen LogP contribution >= 0.6 is 0 Å². The maximum Gasteiger partial charge on any atom is 0.325 e. The van der Waals surface area contributed by atoms with Crippen molar-refractivity contribution in [1.82, 2.24) is 16.0 Å². The van der Waals surface area contributed by atoms with E-state index in [1.165, 1.54) is 6.92 Å². The van der Waals surface area contributed by atoms with Crippen molar-refractivity contribution < 1.29 is 34.2 Å². The molecule has 0 fully saturated rings. The summed E-state index contributed by atoms with van der Waals surface area (Å²) in [7, 11) is 0. The number of amides is 4. The Bertz CT molecular complexity index is 596. The minimum atomic E-state index is -1.28. The number of aliphatic hydroxyl groups excluding tert-OH is 1. The van der Waals surface area contributed by atoms with Crippen LogP contribution in [0.2, 0.25) is 0 Å². The molecule has 0 heterocycles. The van der Waals surface area contributed by atoms with Crippen LogP contribution in [-0.4, -0.2) is 70.6 Å². The van der Waals surface area contributed by atoms with Crippen LogP contribution in [0, 0.1) is 5.92 Å². The van der Waals surface area contributed by atoms with Gasteiger partial charge in [0.05, 0.1) is 6.61 Å². The molecule has 4 atom stereocenters. The van der Waals surface area contributed by atoms with Gasteiger partial charge in [-0.3, -0.25) is 24.0 Å². The summed E-state index contributed by atoms with van der Waals surface area (Å²) < 4.78 is 0. The van der Waals surface area contributed by atoms with E-state index in [0.29, 0.717) is 0 Å². The molecule has 4 amide bonds. The summed E-state index contributed by atoms with van der Waals surface area (Å²) in [6, 6.07) is -4.76. The van der Waals surface area contributed by atoms with Crippen LogP contribution in [0.15, 0.2) is 0 Å². The Kier molecular flexibility index (Phi) is 10.7. The van der Waals surface area contributed by atoms with Crippen LogP contribution in [0.4, 0.5) is 0 Å². The molecule has 0 rings (SSSR count). The largest absolute Gasteiger partial charge is 0.480 e. The minimum Gasteiger partial charge on any atom is -0.480 e. The minimum absolute atomic E-state index is 0.159. The van der Waals surface area contributed by atoms with E-state index in [-0.39, 0.29) is 12.8 Å². The Balaban J connectivity index is 5.29. The van der Waals surface area contributed by atoms with Gasteiger partial charge in [-0.05, 0) is 19.3 Å². The number of hydrogen-bond donors (Lipinski definition) is 7. The third-order valence-corrected chi connectivity index (χ3v) is 3.82. The molecule has 0 aromatic rings. The summed E-state index contributed by atoms with van der Waals surface area (Å²) in [5.74, 6) is -4.69. The first-order chi connectivity index (χ1) is 12.9. The molecule has 0 saturated carbocycles. The summed E-state index contributed by atoms with van der Waals surface area (Å²) in [4.78, 5) is 58.7. The molecule has 0 spiro atoms. The van der Waals surface area contributed by atoms with Crippen LogP contribution < -0.4 is 27.4 Å². The van der Waals surface area contributed by atoms with Crippen LogP contribution in [-0.2, 0) is 24.0 Å². The monoisotopic (exact) mass is 403 g/mol. The predicted octanol–water partition coefficient (Wildman–Crippen LogP) is -3.21. The first-order valence-corrected chi connectivity index (χ1v) is 8.69. The number of carboxylic acid groups (broad SMARTS) is 1. The van der Waals surface area contributed by atoms with E-state index in [0.717, 1.165) is 0 Å². The first kappa shape index (κ1) is 25.3. The van der Waals surface area contributed by atoms with Crippen LogP contribution in [0.1, 0.15) is 33.6 Å². The fraction of sp³-hybridized carbons (Fsp3) is 0.688. The fourth-order valence-electron chi connectivity index (χ4n) is 2.07. The average Bonchev–Trinajstić information content (AvgIpc) is 2.60. The summed E-state index contributed by atoms with van der Waals surface area (Å²) in [6.07, 6.45) is -0.387. The Morgan fingerprint density at radius 2 is 1.50 bits per heavy atom. The molecular formula is C16H29N5O7. The SMILES string of the molecule is CC(NC(=O)C(CCC(N)=O)NC(=O)C(NC(=O)C(N)CO)C(C)C)C(=O)O. The number of primary amides is 1. The molecule has 4 unspecified atom stereocenters. The van der Waals surface area contributed by atoms with Crippen LogP contribution in [0.25, 0.3) is 0 Å². The molecule has 0 saturated heterocycles. The summed E-state index contributed by atoms with van der Waals surface area (Å²) in [6.45, 7) is 3.90. The third kappa shape index (κ3) is 8.77. The van der Waals surface area contributed by atoms with Crippen molar-refractivity contribution in [2.24, 2.45) is 17.4 Å². The first-order valence-electron chi connectivity index (χ1n) is 8.69. The highest BCUT2D eigenvalue weighted by Gasteiger charge is 2.30. The van der Waals surface area contributed by atoms with E-state index >= 15 is 0 Å². The highest BCUT2D eigenvalue weighted by molar-refractivity contribution is 5.94. The van der Waals surface area contributed by atoms with Crippen molar-refractivity contribution in [3.63, 3.8) is 0 Å². The summed E-state index contributed by atoms with van der Waals surface area (Å²) >= 11 is 0. The molecule has 0 bridgehead atoms. The summed E-state index contributed by atoms with van der Waals surface area (Å²) in [5, 5.41) is 24.8. The van der Waals surface area contributed by atoms with E-state index in [1.807, 2.05) is 0 Å². The van der Waals surface area contributed by atoms with Crippen molar-refractivity contribution in [2.75, 3.05) is 6.61 Å². The molecule has 160 valence electrons. The van der Waals surface area contributed by atoms with E-state index in [2.05, 4.69) is 16.0 Å². The molecule has 0 aromatic carbocycles. The molecule has 0 radical (unpaired) electrons. The summed E-state index contributed by atoms with van der Waals surface area (Å²) in [5.41, 5.74) is 10.5. The normalized spacial score (nSPS) is 15.1. The number of carbonyl (C=O) groups is 5. The molecule has 0 aliphatic rings. The Hall–Kier alpha value is -2.73. The Labute approximate surface area is 162 Å². The Morgan fingerprint density at radius 1 is 0.929 bits per heavy atom. The van der Waals surface area contributed by atoms with Crippen molar-refractivity contribution >= 4 is 29.6 Å². The number of aliphatic hydroxyl groups is 1. The van der Waals surface area contributed by atoms with Crippen molar-refractivity contribution in [2.45, 2.75) is 57.8 Å². The average molecular weight is 403 g/mol. The maximum atomic E-state index is 12.6. The maximum absolute atomic E-state index is 12.6. The smallest absolute Gasteiger partial charge is 0.325 e. The van der Waals surface area contributed by atoms with Gasteiger partial charge in [-0.15, -0.1) is 0 Å². The van der Waals surface area contributed by atoms with Crippen LogP contribution in [0.3, 0.4) is 0 Å². The predicted molar refractivity (Wildman–Crippen MR) is 97.4 cm³/mol. The van der Waals surface area contributed by atoms with Gasteiger partial charge in [-0.2, -0.15) is 0 Å². The number of aliphatic carboxylic acids is 1. The Morgan fingerprint density at radius 3 is 1.93 bits per heavy atom. The molecule has 12 nitrogen and oxygen atoms in total. The number of rotatable bonds is 12. The highest BCUT2D eigenvalue weighted by atomic mass is 16.4. The van der Waals surface area contributed by atoms with E-state index in [4.69, 9.17) is 21.7 Å². The lowest BCUT2D eigenvalue weighted by molar-refractivity contribution is -0.142. The van der Waals surface area contributed by atoms with Crippen molar-refractivity contribution in [3.8, 4) is 0 Å². The van der Waals surface area contributed by atoms with Gasteiger partial charge >= 0.3 is 5.97 Å². The molecule has 0 aliphatic carbocycles. The second kappa shape index (κ2) is 11.9. The van der Waals surface area contributed by atoms with Crippen molar-refractivity contribution in [1.29, 1.82) is 0 Å². The van der Waals surface area contributed by atoms with E-state index < -0.39 is 66.3 Å². The molecule has 12 heteroatoms. The lowest BCUT2D eigenvalue weighted by Crippen LogP contribution is -2.58. The number of hydrogen-bond acceptors (Lipinski definition) is 7.